The van der Waals surface area contributed by atoms with Crippen molar-refractivity contribution in [3.05, 3.63) is 70.1 Å². The molecule has 1 fully saturated rings. The molecule has 0 N–H and O–H groups in total. The average Bonchev–Trinajstić information content (AvgIpc) is 2.72. The Bertz CT molecular complexity index is 1060. The van der Waals surface area contributed by atoms with E-state index in [2.05, 4.69) is 31.1 Å². The Morgan fingerprint density at radius 2 is 1.90 bits per heavy atom. The molecular formula is C22H19BrF3N3O. The minimum Gasteiger partial charge on any atom is -0.495 e. The van der Waals surface area contributed by atoms with Crippen LogP contribution < -0.4 is 4.74 Å². The first-order valence-corrected chi connectivity index (χ1v) is 10.3. The molecule has 8 heteroatoms. The predicted molar refractivity (Wildman–Crippen MR) is 110 cm³/mol. The molecule has 1 saturated carbocycles. The van der Waals surface area contributed by atoms with E-state index in [9.17, 15) is 13.2 Å². The van der Waals surface area contributed by atoms with Gasteiger partial charge in [0, 0.05) is 11.6 Å². The van der Waals surface area contributed by atoms with E-state index >= 15 is 0 Å². The third kappa shape index (κ3) is 3.80. The van der Waals surface area contributed by atoms with Crippen molar-refractivity contribution in [1.29, 1.82) is 0 Å². The fourth-order valence-electron chi connectivity index (χ4n) is 4.05. The van der Waals surface area contributed by atoms with Gasteiger partial charge in [-0.3, -0.25) is 4.98 Å². The maximum absolute atomic E-state index is 14.4. The zero-order chi connectivity index (χ0) is 21.3. The molecule has 0 spiro atoms. The molecule has 0 amide bonds. The van der Waals surface area contributed by atoms with E-state index in [1.165, 1.54) is 31.5 Å². The zero-order valence-electron chi connectivity index (χ0n) is 16.2. The van der Waals surface area contributed by atoms with E-state index in [0.717, 1.165) is 0 Å². The van der Waals surface area contributed by atoms with Crippen molar-refractivity contribution in [2.24, 2.45) is 0 Å². The van der Waals surface area contributed by atoms with Crippen LogP contribution in [-0.2, 0) is 11.8 Å². The average molecular weight is 478 g/mol. The quantitative estimate of drug-likeness (QED) is 0.464. The highest BCUT2D eigenvalue weighted by Crippen LogP contribution is 2.48. The number of nitrogens with zero attached hydrogens (tertiary/aromatic N) is 3. The van der Waals surface area contributed by atoms with Gasteiger partial charge >= 0.3 is 0 Å². The van der Waals surface area contributed by atoms with Crippen molar-refractivity contribution in [2.45, 2.75) is 37.3 Å². The molecule has 30 heavy (non-hydrogen) atoms. The first kappa shape index (κ1) is 20.8. The second kappa shape index (κ2) is 8.34. The van der Waals surface area contributed by atoms with Gasteiger partial charge in [0.15, 0.2) is 0 Å². The van der Waals surface area contributed by atoms with Gasteiger partial charge in [0.05, 0.1) is 34.2 Å². The third-order valence-corrected chi connectivity index (χ3v) is 6.21. The van der Waals surface area contributed by atoms with E-state index in [-0.39, 0.29) is 18.4 Å². The zero-order valence-corrected chi connectivity index (χ0v) is 17.8. The number of methoxy groups -OCH3 is 1. The van der Waals surface area contributed by atoms with E-state index in [1.807, 2.05) is 0 Å². The molecule has 3 aromatic rings. The largest absolute Gasteiger partial charge is 0.495 e. The number of ether oxygens (including phenoxy) is 1. The van der Waals surface area contributed by atoms with Gasteiger partial charge in [-0.25, -0.2) is 13.2 Å². The fraction of sp³-hybridized carbons (Fsp3) is 0.318. The summed E-state index contributed by atoms with van der Waals surface area (Å²) in [5, 5.41) is 8.36. The molecule has 156 valence electrons. The van der Waals surface area contributed by atoms with Gasteiger partial charge in [0.2, 0.25) is 0 Å². The SMILES string of the molecule is COc1c(Br)ccc(F)c1-c1ccc(CC[C@]2(c3ncccc3F)C[C@H](F)C2)nn1. The maximum Gasteiger partial charge on any atom is 0.145 e. The monoisotopic (exact) mass is 477 g/mol. The molecule has 2 aromatic heterocycles. The summed E-state index contributed by atoms with van der Waals surface area (Å²) in [5.41, 5.74) is 0.894. The summed E-state index contributed by atoms with van der Waals surface area (Å²) in [5.74, 6) is -0.543. The molecule has 0 unspecified atom stereocenters. The molecule has 0 radical (unpaired) electrons. The Labute approximate surface area is 180 Å². The van der Waals surface area contributed by atoms with Crippen LogP contribution in [0.25, 0.3) is 11.3 Å². The number of pyridine rings is 1. The number of halogens is 4. The van der Waals surface area contributed by atoms with Crippen LogP contribution in [0.2, 0.25) is 0 Å². The lowest BCUT2D eigenvalue weighted by Crippen LogP contribution is -2.44. The molecule has 1 aliphatic carbocycles. The van der Waals surface area contributed by atoms with Gasteiger partial charge in [-0.1, -0.05) is 0 Å². The lowest BCUT2D eigenvalue weighted by atomic mass is 9.62. The lowest BCUT2D eigenvalue weighted by molar-refractivity contribution is 0.0794. The molecule has 0 saturated heterocycles. The maximum atomic E-state index is 14.4. The standard InChI is InChI=1S/C22H19BrF3N3O/c1-30-20-15(23)5-6-16(25)19(20)18-7-4-14(28-29-18)8-9-22(11-13(24)12-22)21-17(26)3-2-10-27-21/h2-7,10,13H,8-9,11-12H2,1H3/t13-,22-. The molecular weight excluding hydrogens is 459 g/mol. The van der Waals surface area contributed by atoms with Crippen molar-refractivity contribution >= 4 is 15.9 Å². The van der Waals surface area contributed by atoms with Gasteiger partial charge in [0.25, 0.3) is 0 Å². The lowest BCUT2D eigenvalue weighted by Gasteiger charge is -2.44. The van der Waals surface area contributed by atoms with Gasteiger partial charge in [-0.05, 0) is 78.0 Å². The van der Waals surface area contributed by atoms with Gasteiger partial charge < -0.3 is 4.74 Å². The predicted octanol–water partition coefficient (Wildman–Crippen LogP) is 5.59. The van der Waals surface area contributed by atoms with Crippen LogP contribution >= 0.6 is 15.9 Å². The minimum absolute atomic E-state index is 0.220. The minimum atomic E-state index is -0.952. The Kier molecular flexibility index (Phi) is 5.77. The van der Waals surface area contributed by atoms with Crippen molar-refractivity contribution in [3.8, 4) is 17.0 Å². The summed E-state index contributed by atoms with van der Waals surface area (Å²) in [6, 6.07) is 9.18. The number of hydrogen-bond donors (Lipinski definition) is 0. The topological polar surface area (TPSA) is 47.9 Å². The van der Waals surface area contributed by atoms with Crippen molar-refractivity contribution < 1.29 is 17.9 Å². The molecule has 4 nitrogen and oxygen atoms in total. The van der Waals surface area contributed by atoms with E-state index in [0.29, 0.717) is 40.1 Å². The molecule has 0 atom stereocenters. The molecule has 0 bridgehead atoms. The smallest absolute Gasteiger partial charge is 0.145 e. The van der Waals surface area contributed by atoms with Gasteiger partial charge in [-0.2, -0.15) is 10.2 Å². The number of aromatic nitrogens is 3. The second-order valence-corrected chi connectivity index (χ2v) is 8.32. The number of alkyl halides is 1. The second-order valence-electron chi connectivity index (χ2n) is 7.47. The van der Waals surface area contributed by atoms with Crippen LogP contribution in [-0.4, -0.2) is 28.5 Å². The van der Waals surface area contributed by atoms with E-state index in [1.54, 1.807) is 18.2 Å². The molecule has 2 heterocycles. The first-order valence-electron chi connectivity index (χ1n) is 9.53. The highest BCUT2D eigenvalue weighted by molar-refractivity contribution is 9.10. The highest BCUT2D eigenvalue weighted by atomic mass is 79.9. The number of rotatable bonds is 6. The Morgan fingerprint density at radius 1 is 1.10 bits per heavy atom. The Balaban J connectivity index is 1.55. The summed E-state index contributed by atoms with van der Waals surface area (Å²) in [6.07, 6.45) is 2.05. The molecule has 0 aliphatic heterocycles. The van der Waals surface area contributed by atoms with Crippen molar-refractivity contribution in [3.63, 3.8) is 0 Å². The van der Waals surface area contributed by atoms with E-state index in [4.69, 9.17) is 4.74 Å². The van der Waals surface area contributed by atoms with Crippen LogP contribution in [0.1, 0.15) is 30.7 Å². The number of hydrogen-bond acceptors (Lipinski definition) is 4. The Hall–Kier alpha value is -2.48. The number of aryl methyl sites for hydroxylation is 1. The summed E-state index contributed by atoms with van der Waals surface area (Å²) in [4.78, 5) is 4.17. The Morgan fingerprint density at radius 3 is 2.53 bits per heavy atom. The highest BCUT2D eigenvalue weighted by Gasteiger charge is 2.48. The van der Waals surface area contributed by atoms with Gasteiger partial charge in [-0.15, -0.1) is 0 Å². The molecule has 4 rings (SSSR count). The van der Waals surface area contributed by atoms with Crippen LogP contribution in [0, 0.1) is 11.6 Å². The van der Waals surface area contributed by atoms with Crippen LogP contribution in [0.4, 0.5) is 13.2 Å². The summed E-state index contributed by atoms with van der Waals surface area (Å²) in [7, 11) is 1.46. The summed E-state index contributed by atoms with van der Waals surface area (Å²) >= 11 is 3.34. The summed E-state index contributed by atoms with van der Waals surface area (Å²) < 4.78 is 48.3. The number of benzene rings is 1. The van der Waals surface area contributed by atoms with Gasteiger partial charge in [0.1, 0.15) is 23.6 Å². The van der Waals surface area contributed by atoms with Crippen LogP contribution in [0.3, 0.4) is 0 Å². The molecule has 1 aliphatic rings. The van der Waals surface area contributed by atoms with Crippen molar-refractivity contribution in [2.75, 3.05) is 7.11 Å². The summed E-state index contributed by atoms with van der Waals surface area (Å²) in [6.45, 7) is 0. The van der Waals surface area contributed by atoms with Crippen LogP contribution in [0.15, 0.2) is 47.1 Å². The first-order chi connectivity index (χ1) is 14.4. The van der Waals surface area contributed by atoms with Crippen LogP contribution in [0.5, 0.6) is 5.75 Å². The molecule has 1 aromatic carbocycles. The van der Waals surface area contributed by atoms with Crippen molar-refractivity contribution in [1.82, 2.24) is 15.2 Å². The fourth-order valence-corrected chi connectivity index (χ4v) is 4.54. The third-order valence-electron chi connectivity index (χ3n) is 5.58. The normalized spacial score (nSPS) is 20.6. The van der Waals surface area contributed by atoms with E-state index < -0.39 is 23.2 Å².